The fourth-order valence-corrected chi connectivity index (χ4v) is 3.84. The Bertz CT molecular complexity index is 1060. The van der Waals surface area contributed by atoms with Gasteiger partial charge >= 0.3 is 0 Å². The number of hydrogen-bond donors (Lipinski definition) is 1. The Morgan fingerprint density at radius 2 is 1.83 bits per heavy atom. The van der Waals surface area contributed by atoms with Crippen LogP contribution in [-0.4, -0.2) is 34.2 Å². The van der Waals surface area contributed by atoms with E-state index in [-0.39, 0.29) is 27.6 Å². The number of nitrogens with zero attached hydrogens (tertiary/aromatic N) is 3. The van der Waals surface area contributed by atoms with Gasteiger partial charge in [0.15, 0.2) is 0 Å². The van der Waals surface area contributed by atoms with Gasteiger partial charge in [0.2, 0.25) is 0 Å². The molecule has 2 heterocycles. The van der Waals surface area contributed by atoms with E-state index in [1.54, 1.807) is 26.2 Å². The molecule has 150 valence electrons. The van der Waals surface area contributed by atoms with E-state index in [0.717, 1.165) is 12.1 Å². The molecule has 0 bridgehead atoms. The lowest BCUT2D eigenvalue weighted by atomic mass is 10.2. The van der Waals surface area contributed by atoms with Crippen LogP contribution in [0.2, 0.25) is 0 Å². The van der Waals surface area contributed by atoms with Gasteiger partial charge in [0.05, 0.1) is 27.8 Å². The molecule has 0 aliphatic heterocycles. The maximum absolute atomic E-state index is 14.4. The van der Waals surface area contributed by atoms with Crippen molar-refractivity contribution in [3.63, 3.8) is 0 Å². The van der Waals surface area contributed by atoms with Gasteiger partial charge in [0, 0.05) is 50.0 Å². The highest BCUT2D eigenvalue weighted by Gasteiger charge is 2.20. The van der Waals surface area contributed by atoms with Crippen LogP contribution in [0.25, 0.3) is 0 Å². The molecule has 29 heavy (non-hydrogen) atoms. The molecule has 0 radical (unpaired) electrons. The van der Waals surface area contributed by atoms with Crippen molar-refractivity contribution in [3.05, 3.63) is 77.8 Å². The van der Waals surface area contributed by atoms with E-state index >= 15 is 0 Å². The first-order chi connectivity index (χ1) is 13.9. The Hall–Kier alpha value is -3.20. The van der Waals surface area contributed by atoms with Crippen LogP contribution in [0.4, 0.5) is 20.2 Å². The first-order valence-electron chi connectivity index (χ1n) is 8.57. The second kappa shape index (κ2) is 8.87. The number of rotatable bonds is 6. The van der Waals surface area contributed by atoms with Crippen molar-refractivity contribution in [2.24, 2.45) is 0 Å². The van der Waals surface area contributed by atoms with Gasteiger partial charge in [0.1, 0.15) is 16.7 Å². The summed E-state index contributed by atoms with van der Waals surface area (Å²) in [7, 11) is 1.32. The summed E-state index contributed by atoms with van der Waals surface area (Å²) in [5.41, 5.74) is 0.635. The van der Waals surface area contributed by atoms with Crippen LogP contribution >= 0.6 is 0 Å². The molecule has 1 atom stereocenters. The van der Waals surface area contributed by atoms with E-state index < -0.39 is 28.3 Å². The smallest absolute Gasteiger partial charge is 0.258 e. The van der Waals surface area contributed by atoms with Gasteiger partial charge in [-0.15, -0.1) is 0 Å². The number of amides is 1. The van der Waals surface area contributed by atoms with E-state index in [2.05, 4.69) is 15.3 Å². The number of nitrogens with one attached hydrogen (secondary N) is 1. The van der Waals surface area contributed by atoms with E-state index in [4.69, 9.17) is 0 Å². The molecule has 3 aromatic rings. The lowest BCUT2D eigenvalue weighted by Crippen LogP contribution is -2.16. The minimum atomic E-state index is -1.86. The molecule has 0 aliphatic carbocycles. The SMILES string of the molecule is CN(C)c1cc(F)c(CS(=O)c2ncccc2C(=O)Nc2ccncc2)cc1F. The summed E-state index contributed by atoms with van der Waals surface area (Å²) < 4.78 is 41.4. The summed E-state index contributed by atoms with van der Waals surface area (Å²) in [4.78, 5) is 21.9. The van der Waals surface area contributed by atoms with Crippen molar-refractivity contribution in [2.75, 3.05) is 24.3 Å². The Kier molecular flexibility index (Phi) is 6.28. The molecule has 0 saturated heterocycles. The average molecular weight is 416 g/mol. The summed E-state index contributed by atoms with van der Waals surface area (Å²) in [6.07, 6.45) is 4.43. The molecule has 0 spiro atoms. The predicted molar refractivity (Wildman–Crippen MR) is 107 cm³/mol. The van der Waals surface area contributed by atoms with Gasteiger partial charge < -0.3 is 10.2 Å². The fourth-order valence-electron chi connectivity index (χ4n) is 2.62. The zero-order chi connectivity index (χ0) is 21.0. The number of carbonyl (C=O) groups is 1. The molecule has 1 unspecified atom stereocenters. The summed E-state index contributed by atoms with van der Waals surface area (Å²) in [6.45, 7) is 0. The normalized spacial score (nSPS) is 11.7. The van der Waals surface area contributed by atoms with Gasteiger partial charge in [-0.05, 0) is 30.3 Å². The summed E-state index contributed by atoms with van der Waals surface area (Å²) in [5, 5.41) is 2.66. The zero-order valence-corrected chi connectivity index (χ0v) is 16.5. The molecule has 6 nitrogen and oxygen atoms in total. The van der Waals surface area contributed by atoms with Crippen molar-refractivity contribution >= 4 is 28.1 Å². The number of hydrogen-bond acceptors (Lipinski definition) is 5. The number of aromatic nitrogens is 2. The van der Waals surface area contributed by atoms with E-state index in [1.165, 1.54) is 35.6 Å². The molecule has 0 fully saturated rings. The Balaban J connectivity index is 1.86. The maximum Gasteiger partial charge on any atom is 0.258 e. The molecule has 1 amide bonds. The largest absolute Gasteiger partial charge is 0.375 e. The Labute approximate surface area is 169 Å². The van der Waals surface area contributed by atoms with Gasteiger partial charge in [0.25, 0.3) is 5.91 Å². The van der Waals surface area contributed by atoms with Crippen LogP contribution in [-0.2, 0) is 16.6 Å². The van der Waals surface area contributed by atoms with Crippen molar-refractivity contribution in [2.45, 2.75) is 10.8 Å². The lowest BCUT2D eigenvalue weighted by molar-refractivity contribution is 0.102. The molecule has 9 heteroatoms. The van der Waals surface area contributed by atoms with Gasteiger partial charge in [-0.25, -0.2) is 13.8 Å². The van der Waals surface area contributed by atoms with Crippen LogP contribution in [0.5, 0.6) is 0 Å². The van der Waals surface area contributed by atoms with E-state index in [0.29, 0.717) is 5.69 Å². The summed E-state index contributed by atoms with van der Waals surface area (Å²) in [6, 6.07) is 8.29. The van der Waals surface area contributed by atoms with E-state index in [9.17, 15) is 17.8 Å². The standard InChI is InChI=1S/C20H18F2N4O2S/c1-26(2)18-11-16(21)13(10-17(18)22)12-29(28)20-15(4-3-7-24-20)19(27)25-14-5-8-23-9-6-14/h3-11H,12H2,1-2H3,(H,23,25,27). The van der Waals surface area contributed by atoms with Crippen LogP contribution in [0.3, 0.4) is 0 Å². The maximum atomic E-state index is 14.4. The summed E-state index contributed by atoms with van der Waals surface area (Å²) in [5.74, 6) is -2.13. The molecule has 0 saturated carbocycles. The third-order valence-electron chi connectivity index (χ3n) is 4.05. The topological polar surface area (TPSA) is 75.2 Å². The highest BCUT2D eigenvalue weighted by atomic mass is 32.2. The Morgan fingerprint density at radius 3 is 2.52 bits per heavy atom. The second-order valence-electron chi connectivity index (χ2n) is 6.33. The van der Waals surface area contributed by atoms with Crippen molar-refractivity contribution in [3.8, 4) is 0 Å². The highest BCUT2D eigenvalue weighted by molar-refractivity contribution is 7.84. The Morgan fingerprint density at radius 1 is 1.10 bits per heavy atom. The quantitative estimate of drug-likeness (QED) is 0.667. The minimum absolute atomic E-state index is 0.00412. The van der Waals surface area contributed by atoms with Crippen LogP contribution in [0.1, 0.15) is 15.9 Å². The molecule has 3 rings (SSSR count). The predicted octanol–water partition coefficient (Wildman–Crippen LogP) is 3.38. The van der Waals surface area contributed by atoms with Crippen molar-refractivity contribution in [1.82, 2.24) is 9.97 Å². The molecular formula is C20H18F2N4O2S. The highest BCUT2D eigenvalue weighted by Crippen LogP contribution is 2.24. The molecule has 2 aromatic heterocycles. The average Bonchev–Trinajstić information content (AvgIpc) is 2.71. The first kappa shape index (κ1) is 20.5. The van der Waals surface area contributed by atoms with Crippen LogP contribution in [0, 0.1) is 11.6 Å². The van der Waals surface area contributed by atoms with Crippen molar-refractivity contribution < 1.29 is 17.8 Å². The molecular weight excluding hydrogens is 398 g/mol. The van der Waals surface area contributed by atoms with Crippen LogP contribution < -0.4 is 10.2 Å². The summed E-state index contributed by atoms with van der Waals surface area (Å²) >= 11 is 0. The fraction of sp³-hybridized carbons (Fsp3) is 0.150. The number of anilines is 2. The zero-order valence-electron chi connectivity index (χ0n) is 15.7. The number of pyridine rings is 2. The minimum Gasteiger partial charge on any atom is -0.375 e. The lowest BCUT2D eigenvalue weighted by Gasteiger charge is -2.15. The third-order valence-corrected chi connectivity index (χ3v) is 5.38. The van der Waals surface area contributed by atoms with Gasteiger partial charge in [-0.3, -0.25) is 14.0 Å². The van der Waals surface area contributed by atoms with Crippen LogP contribution in [0.15, 0.2) is 60.0 Å². The number of halogens is 2. The van der Waals surface area contributed by atoms with Gasteiger partial charge in [-0.1, -0.05) is 0 Å². The number of carbonyl (C=O) groups excluding carboxylic acids is 1. The second-order valence-corrected chi connectivity index (χ2v) is 7.69. The number of benzene rings is 1. The van der Waals surface area contributed by atoms with Gasteiger partial charge in [-0.2, -0.15) is 0 Å². The molecule has 0 aliphatic rings. The third kappa shape index (κ3) is 4.80. The molecule has 1 aromatic carbocycles. The monoisotopic (exact) mass is 416 g/mol. The first-order valence-corrected chi connectivity index (χ1v) is 9.88. The van der Waals surface area contributed by atoms with E-state index in [1.807, 2.05) is 0 Å². The van der Waals surface area contributed by atoms with Crippen molar-refractivity contribution in [1.29, 1.82) is 0 Å². The molecule has 1 N–H and O–H groups in total.